The Balaban J connectivity index is 0.000000180. The molecule has 6 aliphatic heterocycles. The molecular weight excluding hydrogens is 1070 g/mol. The number of nitro groups is 2. The second kappa shape index (κ2) is 24.9. The first-order valence-electron chi connectivity index (χ1n) is 26.6. The van der Waals surface area contributed by atoms with Gasteiger partial charge in [-0.1, -0.05) is 0 Å². The fraction of sp³-hybridized carbons (Fsp3) is 0.611. The Morgan fingerprint density at radius 1 is 0.487 bits per heavy atom. The van der Waals surface area contributed by atoms with Crippen molar-refractivity contribution >= 4 is 46.7 Å². The van der Waals surface area contributed by atoms with Crippen molar-refractivity contribution in [3.63, 3.8) is 0 Å². The maximum absolute atomic E-state index is 14.2. The van der Waals surface area contributed by atoms with E-state index in [-0.39, 0.29) is 71.9 Å². The summed E-state index contributed by atoms with van der Waals surface area (Å²) in [6.45, 7) is 16.6. The van der Waals surface area contributed by atoms with Crippen LogP contribution in [0.2, 0.25) is 0 Å². The lowest BCUT2D eigenvalue weighted by atomic mass is 9.97. The number of hydrogen-bond acceptors (Lipinski definition) is 14. The van der Waals surface area contributed by atoms with Crippen molar-refractivity contribution < 1.29 is 69.2 Å². The van der Waals surface area contributed by atoms with Crippen molar-refractivity contribution in [2.75, 3.05) is 16.4 Å². The Bertz CT molecular complexity index is 2740. The van der Waals surface area contributed by atoms with Gasteiger partial charge in [0.25, 0.3) is 5.69 Å². The topological polar surface area (TPSA) is 251 Å². The summed E-state index contributed by atoms with van der Waals surface area (Å²) in [4.78, 5) is 61.7. The lowest BCUT2D eigenvalue weighted by Gasteiger charge is -2.40. The molecule has 3 amide bonds. The number of ether oxygens (including phenoxy) is 3. The molecule has 442 valence electrons. The Morgan fingerprint density at radius 3 is 1.14 bits per heavy atom. The summed E-state index contributed by atoms with van der Waals surface area (Å²) in [5.41, 5.74) is 8.38. The molecule has 26 heteroatoms. The summed E-state index contributed by atoms with van der Waals surface area (Å²) >= 11 is 0. The first-order valence-corrected chi connectivity index (χ1v) is 26.6. The highest BCUT2D eigenvalue weighted by Crippen LogP contribution is 2.42. The van der Waals surface area contributed by atoms with Gasteiger partial charge in [0, 0.05) is 66.5 Å². The molecule has 0 saturated carbocycles. The number of piperidine rings is 3. The van der Waals surface area contributed by atoms with Gasteiger partial charge in [0.2, 0.25) is 11.6 Å². The van der Waals surface area contributed by atoms with E-state index in [2.05, 4.69) is 10.6 Å². The molecule has 80 heavy (non-hydrogen) atoms. The number of benzene rings is 3. The number of nitrogen functional groups attached to an aromatic ring is 1. The smallest absolute Gasteiger partial charge is 0.410 e. The highest BCUT2D eigenvalue weighted by molar-refractivity contribution is 5.72. The quantitative estimate of drug-likeness (QED) is 0.0448. The average molecular weight is 1140 g/mol. The standard InChI is InChI=1S/C18H23F2N3O4.C18H25F2N3O2.C12H22N2O2.C6H2F3NO2/c1-18(2,3)27-17(24)22-11-4-5-12(22)9-10(8-11)21-16-14(23(25)26)7-6-13(19)15(16)20;1-18(2,3)25-17(24)23-11-4-5-12(23)9-10(8-11)22-16-14(21)7-6-13(19)15(16)20;1-12(2,3)16-11(15)14-9-4-5-10(14)7-8(13)6-9;7-3-1-2-4(10(11)12)6(9)5(3)8/h6-7,10-12,21H,4-5,8-9H2,1-3H3;6-7,10-12,22H,4-5,8-9,21H2,1-3H3;8-10H,4-7,13H2,1-3H3;1-2H. The van der Waals surface area contributed by atoms with Crippen LogP contribution >= 0.6 is 0 Å². The maximum Gasteiger partial charge on any atom is 0.410 e. The molecule has 0 radical (unpaired) electrons. The minimum absolute atomic E-state index is 0.00937. The lowest BCUT2D eigenvalue weighted by molar-refractivity contribution is -0.387. The molecule has 9 rings (SSSR count). The van der Waals surface area contributed by atoms with Crippen molar-refractivity contribution in [1.29, 1.82) is 0 Å². The fourth-order valence-corrected chi connectivity index (χ4v) is 11.3. The third-order valence-electron chi connectivity index (χ3n) is 14.4. The SMILES string of the molecule is CC(C)(C)OC(=O)N1C2CCC1CC(N)C2.CC(C)(C)OC(=O)N1C2CCC1CC(Nc1c(N)ccc(F)c1F)C2.CC(C)(C)OC(=O)N1C2CCC1CC(Nc1c([N+](=O)[O-])ccc(F)c1F)C2.O=[N+]([O-])c1ccc(F)c(F)c1F. The Labute approximate surface area is 459 Å². The van der Waals surface area contributed by atoms with Crippen molar-refractivity contribution in [2.45, 2.75) is 211 Å². The van der Waals surface area contributed by atoms with Crippen LogP contribution in [0.25, 0.3) is 0 Å². The van der Waals surface area contributed by atoms with Gasteiger partial charge in [-0.15, -0.1) is 0 Å². The molecule has 6 unspecified atom stereocenters. The van der Waals surface area contributed by atoms with Crippen molar-refractivity contribution in [3.8, 4) is 0 Å². The predicted octanol–water partition coefficient (Wildman–Crippen LogP) is 12.0. The first-order chi connectivity index (χ1) is 37.1. The van der Waals surface area contributed by atoms with E-state index in [0.29, 0.717) is 49.9 Å². The highest BCUT2D eigenvalue weighted by atomic mass is 19.2. The van der Waals surface area contributed by atoms with E-state index in [1.165, 1.54) is 6.07 Å². The maximum atomic E-state index is 14.2. The molecule has 6 aliphatic rings. The van der Waals surface area contributed by atoms with Crippen LogP contribution in [-0.4, -0.2) is 114 Å². The van der Waals surface area contributed by atoms with Gasteiger partial charge >= 0.3 is 24.0 Å². The molecule has 6 saturated heterocycles. The van der Waals surface area contributed by atoms with E-state index < -0.39 is 84.4 Å². The third kappa shape index (κ3) is 15.5. The first kappa shape index (κ1) is 62.3. The number of nitrogens with zero attached hydrogens (tertiary/aromatic N) is 5. The van der Waals surface area contributed by atoms with Crippen LogP contribution in [0.15, 0.2) is 36.4 Å². The summed E-state index contributed by atoms with van der Waals surface area (Å²) in [6, 6.07) is 5.56. The molecule has 3 aromatic carbocycles. The molecule has 3 aromatic rings. The van der Waals surface area contributed by atoms with Gasteiger partial charge in [-0.25, -0.2) is 40.7 Å². The molecule has 0 aliphatic carbocycles. The van der Waals surface area contributed by atoms with Crippen LogP contribution in [0.3, 0.4) is 0 Å². The number of nitrogens with two attached hydrogens (primary N) is 2. The minimum Gasteiger partial charge on any atom is -0.444 e. The Kier molecular flexibility index (Phi) is 19.4. The number of nitrogens with one attached hydrogen (secondary N) is 2. The summed E-state index contributed by atoms with van der Waals surface area (Å²) in [5, 5.41) is 27.0. The highest BCUT2D eigenvalue weighted by Gasteiger charge is 2.48. The number of rotatable bonds is 6. The van der Waals surface area contributed by atoms with E-state index >= 15 is 0 Å². The summed E-state index contributed by atoms with van der Waals surface area (Å²) in [6.07, 6.45) is 8.83. The molecule has 6 fully saturated rings. The van der Waals surface area contributed by atoms with E-state index in [9.17, 15) is 65.3 Å². The van der Waals surface area contributed by atoms with Crippen molar-refractivity contribution in [3.05, 3.63) is 97.3 Å². The molecule has 6 atom stereocenters. The normalized spacial score (nSPS) is 24.7. The molecule has 0 aromatic heterocycles. The number of anilines is 3. The van der Waals surface area contributed by atoms with Crippen LogP contribution < -0.4 is 22.1 Å². The number of fused-ring (bicyclic) bond motifs is 6. The van der Waals surface area contributed by atoms with Gasteiger partial charge < -0.3 is 51.0 Å². The van der Waals surface area contributed by atoms with Crippen LogP contribution in [0.1, 0.15) is 139 Å². The second-order valence-corrected chi connectivity index (χ2v) is 24.0. The zero-order valence-electron chi connectivity index (χ0n) is 46.3. The molecule has 6 bridgehead atoms. The van der Waals surface area contributed by atoms with Crippen LogP contribution in [-0.2, 0) is 14.2 Å². The van der Waals surface area contributed by atoms with Gasteiger partial charge in [0.05, 0.1) is 21.2 Å². The largest absolute Gasteiger partial charge is 0.444 e. The van der Waals surface area contributed by atoms with Crippen LogP contribution in [0.5, 0.6) is 0 Å². The summed E-state index contributed by atoms with van der Waals surface area (Å²) in [7, 11) is 0. The molecule has 19 nitrogen and oxygen atoms in total. The number of carbonyl (C=O) groups is 3. The molecular formula is C54H72F7N9O10. The van der Waals surface area contributed by atoms with E-state index in [0.717, 1.165) is 69.6 Å². The van der Waals surface area contributed by atoms with Crippen LogP contribution in [0.4, 0.5) is 73.6 Å². The zero-order chi connectivity index (χ0) is 59.5. The third-order valence-corrected chi connectivity index (χ3v) is 14.4. The van der Waals surface area contributed by atoms with Crippen molar-refractivity contribution in [1.82, 2.24) is 14.7 Å². The molecule has 0 spiro atoms. The predicted molar refractivity (Wildman–Crippen MR) is 282 cm³/mol. The number of hydrogen-bond donors (Lipinski definition) is 4. The molecule has 6 N–H and O–H groups in total. The van der Waals surface area contributed by atoms with Gasteiger partial charge in [-0.3, -0.25) is 20.2 Å². The van der Waals surface area contributed by atoms with E-state index in [1.807, 2.05) is 51.3 Å². The number of nitro benzene ring substituents is 2. The monoisotopic (exact) mass is 1140 g/mol. The van der Waals surface area contributed by atoms with Gasteiger partial charge in [-0.05, 0) is 164 Å². The number of halogens is 7. The summed E-state index contributed by atoms with van der Waals surface area (Å²) in [5.74, 6) is -9.33. The fourth-order valence-electron chi connectivity index (χ4n) is 11.3. The van der Waals surface area contributed by atoms with E-state index in [4.69, 9.17) is 25.7 Å². The Hall–Kier alpha value is -6.86. The number of amides is 3. The van der Waals surface area contributed by atoms with Gasteiger partial charge in [0.15, 0.2) is 34.8 Å². The number of carbonyl (C=O) groups excluding carboxylic acids is 3. The zero-order valence-corrected chi connectivity index (χ0v) is 46.3. The minimum atomic E-state index is -1.83. The molecule has 6 heterocycles. The van der Waals surface area contributed by atoms with Gasteiger partial charge in [0.1, 0.15) is 16.8 Å². The van der Waals surface area contributed by atoms with Gasteiger partial charge in [-0.2, -0.15) is 4.39 Å². The lowest BCUT2D eigenvalue weighted by Crippen LogP contribution is -2.51. The average Bonchev–Trinajstić information content (AvgIpc) is 3.90. The summed E-state index contributed by atoms with van der Waals surface area (Å²) < 4.78 is 109. The Morgan fingerprint density at radius 2 is 0.787 bits per heavy atom. The van der Waals surface area contributed by atoms with E-state index in [1.54, 1.807) is 25.7 Å². The second-order valence-electron chi connectivity index (χ2n) is 24.0. The van der Waals surface area contributed by atoms with Crippen LogP contribution in [0, 0.1) is 60.9 Å². The van der Waals surface area contributed by atoms with Crippen molar-refractivity contribution in [2.24, 2.45) is 5.73 Å².